The first kappa shape index (κ1) is 36.5. The first-order chi connectivity index (χ1) is 31.5. The van der Waals surface area contributed by atoms with E-state index in [0.717, 1.165) is 66.8 Å². The largest absolute Gasteiger partial charge is 0.455 e. The minimum Gasteiger partial charge on any atom is -0.455 e. The summed E-state index contributed by atoms with van der Waals surface area (Å²) >= 11 is 0. The first-order valence-electron chi connectivity index (χ1n) is 22.2. The molecule has 0 bridgehead atoms. The van der Waals surface area contributed by atoms with Crippen molar-refractivity contribution in [3.05, 3.63) is 230 Å². The summed E-state index contributed by atoms with van der Waals surface area (Å²) in [5.41, 5.74) is 18.4. The quantitative estimate of drug-likeness (QED) is 0.167. The monoisotopic (exact) mass is 818 g/mol. The molecule has 13 rings (SSSR count). The highest BCUT2D eigenvalue weighted by molar-refractivity contribution is 6.17. The van der Waals surface area contributed by atoms with Gasteiger partial charge >= 0.3 is 0 Å². The van der Waals surface area contributed by atoms with E-state index in [1.807, 2.05) is 0 Å². The van der Waals surface area contributed by atoms with Gasteiger partial charge in [0, 0.05) is 60.4 Å². The molecule has 0 N–H and O–H groups in total. The number of anilines is 3. The lowest BCUT2D eigenvalue weighted by molar-refractivity contribution is 0.660. The molecule has 1 aliphatic carbocycles. The highest BCUT2D eigenvalue weighted by Crippen LogP contribution is 2.54. The van der Waals surface area contributed by atoms with Crippen molar-refractivity contribution in [3.8, 4) is 39.1 Å². The van der Waals surface area contributed by atoms with Crippen LogP contribution >= 0.6 is 0 Å². The van der Waals surface area contributed by atoms with Gasteiger partial charge in [0.25, 0.3) is 0 Å². The molecule has 12 aromatic rings. The molecule has 0 aliphatic heterocycles. The zero-order valence-corrected chi connectivity index (χ0v) is 35.6. The number of furan rings is 1. The van der Waals surface area contributed by atoms with E-state index in [1.165, 1.54) is 55.0 Å². The second-order valence-electron chi connectivity index (χ2n) is 17.6. The van der Waals surface area contributed by atoms with E-state index >= 15 is 0 Å². The van der Waals surface area contributed by atoms with Crippen molar-refractivity contribution < 1.29 is 4.42 Å². The van der Waals surface area contributed by atoms with Crippen LogP contribution in [0.2, 0.25) is 0 Å². The fourth-order valence-electron chi connectivity index (χ4n) is 10.8. The number of benzene rings is 10. The Bertz CT molecular complexity index is 3760. The summed E-state index contributed by atoms with van der Waals surface area (Å²) in [5, 5.41) is 7.10. The van der Waals surface area contributed by atoms with Gasteiger partial charge in [-0.05, 0) is 87.8 Å². The van der Waals surface area contributed by atoms with Gasteiger partial charge in [0.05, 0.1) is 22.4 Å². The lowest BCUT2D eigenvalue weighted by Gasteiger charge is -2.29. The molecule has 3 nitrogen and oxygen atoms in total. The summed E-state index contributed by atoms with van der Waals surface area (Å²) in [6, 6.07) is 79.5. The van der Waals surface area contributed by atoms with Gasteiger partial charge in [0.2, 0.25) is 0 Å². The Morgan fingerprint density at radius 2 is 0.922 bits per heavy atom. The lowest BCUT2D eigenvalue weighted by Crippen LogP contribution is -2.16. The van der Waals surface area contributed by atoms with E-state index in [4.69, 9.17) is 4.42 Å². The van der Waals surface area contributed by atoms with Crippen molar-refractivity contribution in [3.63, 3.8) is 0 Å². The van der Waals surface area contributed by atoms with Gasteiger partial charge in [0.15, 0.2) is 0 Å². The van der Waals surface area contributed by atoms with E-state index in [1.54, 1.807) is 0 Å². The zero-order chi connectivity index (χ0) is 42.5. The predicted octanol–water partition coefficient (Wildman–Crippen LogP) is 16.9. The molecule has 64 heavy (non-hydrogen) atoms. The SMILES string of the molecule is CC1(C)c2ccccc2-c2c(N(c3ccc(-c4ccccc4-n4c5ccccc5c5ccccc54)cc3)c3ccc(-c4cccc5c4oc4c6ccccc6ccc54)cc3)cccc21. The summed E-state index contributed by atoms with van der Waals surface area (Å²) in [6.07, 6.45) is 0. The lowest BCUT2D eigenvalue weighted by atomic mass is 9.82. The summed E-state index contributed by atoms with van der Waals surface area (Å²) in [6.45, 7) is 4.71. The van der Waals surface area contributed by atoms with Crippen LogP contribution in [0.15, 0.2) is 223 Å². The molecular weight excluding hydrogens is 777 g/mol. The van der Waals surface area contributed by atoms with Gasteiger partial charge < -0.3 is 13.9 Å². The van der Waals surface area contributed by atoms with Crippen LogP contribution in [0.5, 0.6) is 0 Å². The molecule has 0 saturated carbocycles. The number of nitrogens with zero attached hydrogens (tertiary/aromatic N) is 2. The molecule has 0 fully saturated rings. The number of fused-ring (bicyclic) bond motifs is 11. The third-order valence-electron chi connectivity index (χ3n) is 13.8. The topological polar surface area (TPSA) is 21.3 Å². The van der Waals surface area contributed by atoms with Crippen LogP contribution in [0.25, 0.3) is 93.6 Å². The molecule has 10 aromatic carbocycles. The second-order valence-corrected chi connectivity index (χ2v) is 17.6. The van der Waals surface area contributed by atoms with E-state index < -0.39 is 0 Å². The van der Waals surface area contributed by atoms with E-state index in [-0.39, 0.29) is 5.41 Å². The van der Waals surface area contributed by atoms with E-state index in [2.05, 4.69) is 242 Å². The van der Waals surface area contributed by atoms with Gasteiger partial charge in [-0.25, -0.2) is 0 Å². The van der Waals surface area contributed by atoms with Crippen LogP contribution < -0.4 is 4.90 Å². The third-order valence-corrected chi connectivity index (χ3v) is 13.8. The molecule has 2 aromatic heterocycles. The van der Waals surface area contributed by atoms with Crippen LogP contribution in [-0.4, -0.2) is 4.57 Å². The number of rotatable bonds is 6. The number of hydrogen-bond acceptors (Lipinski definition) is 2. The smallest absolute Gasteiger partial charge is 0.143 e. The molecule has 0 saturated heterocycles. The van der Waals surface area contributed by atoms with Crippen LogP contribution in [0.4, 0.5) is 17.1 Å². The minimum atomic E-state index is -0.131. The zero-order valence-electron chi connectivity index (χ0n) is 35.6. The van der Waals surface area contributed by atoms with E-state index in [0.29, 0.717) is 0 Å². The highest BCUT2D eigenvalue weighted by atomic mass is 16.3. The van der Waals surface area contributed by atoms with Crippen LogP contribution in [0.1, 0.15) is 25.0 Å². The fraction of sp³-hybridized carbons (Fsp3) is 0.0492. The Balaban J connectivity index is 0.959. The Hall–Kier alpha value is -8.14. The van der Waals surface area contributed by atoms with Gasteiger partial charge in [-0.15, -0.1) is 0 Å². The summed E-state index contributed by atoms with van der Waals surface area (Å²) in [5.74, 6) is 0. The van der Waals surface area contributed by atoms with Crippen LogP contribution in [0.3, 0.4) is 0 Å². The summed E-state index contributed by atoms with van der Waals surface area (Å²) in [7, 11) is 0. The molecule has 2 heterocycles. The van der Waals surface area contributed by atoms with Crippen molar-refractivity contribution in [2.24, 2.45) is 0 Å². The molecule has 302 valence electrons. The molecule has 0 radical (unpaired) electrons. The van der Waals surface area contributed by atoms with Crippen molar-refractivity contribution in [1.82, 2.24) is 4.57 Å². The Kier molecular flexibility index (Phi) is 7.95. The van der Waals surface area contributed by atoms with Gasteiger partial charge in [-0.1, -0.05) is 178 Å². The minimum absolute atomic E-state index is 0.131. The number of hydrogen-bond donors (Lipinski definition) is 0. The second kappa shape index (κ2) is 13.9. The maximum absolute atomic E-state index is 6.78. The van der Waals surface area contributed by atoms with E-state index in [9.17, 15) is 0 Å². The molecule has 0 amide bonds. The molecular formula is C61H42N2O. The van der Waals surface area contributed by atoms with Crippen molar-refractivity contribution in [2.45, 2.75) is 19.3 Å². The predicted molar refractivity (Wildman–Crippen MR) is 269 cm³/mol. The Labute approximate surface area is 371 Å². The van der Waals surface area contributed by atoms with Gasteiger partial charge in [-0.2, -0.15) is 0 Å². The summed E-state index contributed by atoms with van der Waals surface area (Å²) in [4.78, 5) is 2.44. The fourth-order valence-corrected chi connectivity index (χ4v) is 10.8. The average Bonchev–Trinajstić information content (AvgIpc) is 3.98. The first-order valence-corrected chi connectivity index (χ1v) is 22.2. The Morgan fingerprint density at radius 1 is 0.391 bits per heavy atom. The highest BCUT2D eigenvalue weighted by Gasteiger charge is 2.37. The van der Waals surface area contributed by atoms with Gasteiger partial charge in [-0.3, -0.25) is 0 Å². The third kappa shape index (κ3) is 5.34. The van der Waals surface area contributed by atoms with Crippen molar-refractivity contribution in [1.29, 1.82) is 0 Å². The number of para-hydroxylation sites is 4. The number of aromatic nitrogens is 1. The average molecular weight is 819 g/mol. The maximum atomic E-state index is 6.78. The van der Waals surface area contributed by atoms with Crippen LogP contribution in [0, 0.1) is 0 Å². The van der Waals surface area contributed by atoms with Crippen LogP contribution in [-0.2, 0) is 5.41 Å². The normalized spacial score (nSPS) is 13.0. The standard InChI is InChI=1S/C61H42N2O/c1-61(2)52-23-9-5-20-51(52)58-53(61)24-14-28-57(58)62(43-36-31-41(32-37-43)46-21-13-22-49-50-38-33-39-15-3-4-17-45(39)60(50)64-59(46)49)42-34-29-40(30-35-42)44-16-6-10-25-54(44)63-55-26-11-7-18-47(55)48-19-8-12-27-56(48)63/h3-38H,1-2H3. The molecule has 0 atom stereocenters. The van der Waals surface area contributed by atoms with Gasteiger partial charge in [0.1, 0.15) is 11.2 Å². The van der Waals surface area contributed by atoms with Crippen molar-refractivity contribution >= 4 is 71.6 Å². The molecule has 0 spiro atoms. The van der Waals surface area contributed by atoms with Crippen molar-refractivity contribution in [2.75, 3.05) is 4.90 Å². The molecule has 0 unspecified atom stereocenters. The molecule has 3 heteroatoms. The maximum Gasteiger partial charge on any atom is 0.143 e. The molecule has 1 aliphatic rings. The Morgan fingerprint density at radius 3 is 1.66 bits per heavy atom. The summed E-state index contributed by atoms with van der Waals surface area (Å²) < 4.78 is 9.20.